The van der Waals surface area contributed by atoms with Gasteiger partial charge in [0.2, 0.25) is 5.91 Å². The Kier molecular flexibility index (Phi) is 5.23. The van der Waals surface area contributed by atoms with E-state index < -0.39 is 0 Å². The van der Waals surface area contributed by atoms with Crippen LogP contribution in [-0.2, 0) is 17.8 Å². The molecule has 0 unspecified atom stereocenters. The fraction of sp³-hybridized carbons (Fsp3) is 0.158. The largest absolute Gasteiger partial charge is 0.496 e. The maximum atomic E-state index is 12.2. The first-order valence-corrected chi connectivity index (χ1v) is 8.51. The SMILES string of the molecule is COc1ccccc1CC(=O)NCc1ccnc(-c2cccs2)c1. The molecule has 1 amide bonds. The average molecular weight is 338 g/mol. The average Bonchev–Trinajstić information content (AvgIpc) is 3.15. The van der Waals surface area contributed by atoms with Crippen molar-refractivity contribution < 1.29 is 9.53 Å². The molecular formula is C19H18N2O2S. The number of pyridine rings is 1. The Morgan fingerprint density at radius 2 is 2.08 bits per heavy atom. The van der Waals surface area contributed by atoms with Crippen molar-refractivity contribution in [1.29, 1.82) is 0 Å². The molecule has 0 aliphatic heterocycles. The number of rotatable bonds is 6. The number of benzene rings is 1. The summed E-state index contributed by atoms with van der Waals surface area (Å²) in [7, 11) is 1.61. The Morgan fingerprint density at radius 1 is 1.21 bits per heavy atom. The van der Waals surface area contributed by atoms with E-state index in [0.717, 1.165) is 27.4 Å². The van der Waals surface area contributed by atoms with Crippen molar-refractivity contribution in [1.82, 2.24) is 10.3 Å². The second kappa shape index (κ2) is 7.75. The Labute approximate surface area is 145 Å². The van der Waals surface area contributed by atoms with Gasteiger partial charge in [-0.2, -0.15) is 0 Å². The number of amides is 1. The predicted octanol–water partition coefficient (Wildman–Crippen LogP) is 3.68. The molecule has 2 heterocycles. The first-order chi connectivity index (χ1) is 11.8. The first-order valence-electron chi connectivity index (χ1n) is 7.63. The maximum absolute atomic E-state index is 12.2. The molecule has 3 rings (SSSR count). The van der Waals surface area contributed by atoms with Crippen LogP contribution in [0, 0.1) is 0 Å². The van der Waals surface area contributed by atoms with E-state index in [1.165, 1.54) is 0 Å². The van der Waals surface area contributed by atoms with Crippen molar-refractivity contribution >= 4 is 17.2 Å². The number of ether oxygens (including phenoxy) is 1. The zero-order chi connectivity index (χ0) is 16.8. The van der Waals surface area contributed by atoms with Crippen LogP contribution in [0.5, 0.6) is 5.75 Å². The molecule has 0 radical (unpaired) electrons. The number of methoxy groups -OCH3 is 1. The van der Waals surface area contributed by atoms with Gasteiger partial charge in [-0.15, -0.1) is 11.3 Å². The summed E-state index contributed by atoms with van der Waals surface area (Å²) in [4.78, 5) is 17.7. The summed E-state index contributed by atoms with van der Waals surface area (Å²) >= 11 is 1.65. The molecule has 3 aromatic rings. The van der Waals surface area contributed by atoms with Crippen molar-refractivity contribution in [2.24, 2.45) is 0 Å². The van der Waals surface area contributed by atoms with E-state index in [2.05, 4.69) is 10.3 Å². The predicted molar refractivity (Wildman–Crippen MR) is 96.1 cm³/mol. The minimum absolute atomic E-state index is 0.0333. The molecule has 0 atom stereocenters. The molecule has 0 spiro atoms. The molecule has 122 valence electrons. The highest BCUT2D eigenvalue weighted by Crippen LogP contribution is 2.23. The minimum atomic E-state index is -0.0333. The van der Waals surface area contributed by atoms with Crippen LogP contribution in [0.3, 0.4) is 0 Å². The zero-order valence-corrected chi connectivity index (χ0v) is 14.2. The Morgan fingerprint density at radius 3 is 2.88 bits per heavy atom. The molecule has 4 nitrogen and oxygen atoms in total. The van der Waals surface area contributed by atoms with E-state index in [1.54, 1.807) is 24.6 Å². The lowest BCUT2D eigenvalue weighted by molar-refractivity contribution is -0.120. The van der Waals surface area contributed by atoms with E-state index in [-0.39, 0.29) is 5.91 Å². The van der Waals surface area contributed by atoms with Gasteiger partial charge in [-0.3, -0.25) is 9.78 Å². The molecule has 0 saturated heterocycles. The zero-order valence-electron chi connectivity index (χ0n) is 13.4. The lowest BCUT2D eigenvalue weighted by Crippen LogP contribution is -2.24. The standard InChI is InChI=1S/C19H18N2O2S/c1-23-17-6-3-2-5-15(17)12-19(22)21-13-14-8-9-20-16(11-14)18-7-4-10-24-18/h2-11H,12-13H2,1H3,(H,21,22). The summed E-state index contributed by atoms with van der Waals surface area (Å²) in [5.74, 6) is 0.700. The van der Waals surface area contributed by atoms with Gasteiger partial charge in [0.15, 0.2) is 0 Å². The number of hydrogen-bond acceptors (Lipinski definition) is 4. The van der Waals surface area contributed by atoms with Crippen LogP contribution < -0.4 is 10.1 Å². The quantitative estimate of drug-likeness (QED) is 0.746. The molecule has 2 aromatic heterocycles. The van der Waals surface area contributed by atoms with E-state index >= 15 is 0 Å². The first kappa shape index (κ1) is 16.2. The molecule has 24 heavy (non-hydrogen) atoms. The van der Waals surface area contributed by atoms with Gasteiger partial charge in [-0.25, -0.2) is 0 Å². The van der Waals surface area contributed by atoms with Crippen LogP contribution in [-0.4, -0.2) is 18.0 Å². The van der Waals surface area contributed by atoms with Gasteiger partial charge in [0, 0.05) is 18.3 Å². The van der Waals surface area contributed by atoms with Crippen molar-refractivity contribution in [3.05, 3.63) is 71.2 Å². The molecule has 0 saturated carbocycles. The summed E-state index contributed by atoms with van der Waals surface area (Å²) < 4.78 is 5.28. The molecule has 1 aromatic carbocycles. The molecule has 0 aliphatic carbocycles. The molecule has 0 fully saturated rings. The lowest BCUT2D eigenvalue weighted by atomic mass is 10.1. The Bertz CT molecular complexity index is 816. The molecular weight excluding hydrogens is 320 g/mol. The Balaban J connectivity index is 1.61. The molecule has 1 N–H and O–H groups in total. The summed E-state index contributed by atoms with van der Waals surface area (Å²) in [6, 6.07) is 15.5. The highest BCUT2D eigenvalue weighted by atomic mass is 32.1. The molecule has 0 bridgehead atoms. The summed E-state index contributed by atoms with van der Waals surface area (Å²) in [6.45, 7) is 0.481. The van der Waals surface area contributed by atoms with E-state index in [9.17, 15) is 4.79 Å². The van der Waals surface area contributed by atoms with Gasteiger partial charge in [-0.1, -0.05) is 24.3 Å². The fourth-order valence-corrected chi connectivity index (χ4v) is 3.12. The summed E-state index contributed by atoms with van der Waals surface area (Å²) in [5, 5.41) is 4.98. The monoisotopic (exact) mass is 338 g/mol. The van der Waals surface area contributed by atoms with Crippen LogP contribution >= 0.6 is 11.3 Å². The van der Waals surface area contributed by atoms with Crippen molar-refractivity contribution in [2.75, 3.05) is 7.11 Å². The van der Waals surface area contributed by atoms with E-state index in [4.69, 9.17) is 4.74 Å². The normalized spacial score (nSPS) is 10.4. The van der Waals surface area contributed by atoms with Crippen LogP contribution in [0.1, 0.15) is 11.1 Å². The van der Waals surface area contributed by atoms with Gasteiger partial charge in [-0.05, 0) is 35.2 Å². The smallest absolute Gasteiger partial charge is 0.224 e. The molecule has 0 aliphatic rings. The highest BCUT2D eigenvalue weighted by molar-refractivity contribution is 7.13. The Hall–Kier alpha value is -2.66. The van der Waals surface area contributed by atoms with Crippen LogP contribution in [0.4, 0.5) is 0 Å². The number of thiophene rings is 1. The number of nitrogens with one attached hydrogen (secondary N) is 1. The topological polar surface area (TPSA) is 51.2 Å². The fourth-order valence-electron chi connectivity index (χ4n) is 2.43. The lowest BCUT2D eigenvalue weighted by Gasteiger charge is -2.09. The van der Waals surface area contributed by atoms with Crippen LogP contribution in [0.15, 0.2) is 60.1 Å². The minimum Gasteiger partial charge on any atom is -0.496 e. The summed E-state index contributed by atoms with van der Waals surface area (Å²) in [5.41, 5.74) is 2.84. The van der Waals surface area contributed by atoms with E-state index in [0.29, 0.717) is 13.0 Å². The van der Waals surface area contributed by atoms with Gasteiger partial charge in [0.1, 0.15) is 5.75 Å². The maximum Gasteiger partial charge on any atom is 0.224 e. The van der Waals surface area contributed by atoms with Gasteiger partial charge in [0.05, 0.1) is 24.1 Å². The van der Waals surface area contributed by atoms with E-state index in [1.807, 2.05) is 53.9 Å². The number of carbonyl (C=O) groups excluding carboxylic acids is 1. The van der Waals surface area contributed by atoms with Crippen molar-refractivity contribution in [3.8, 4) is 16.3 Å². The third-order valence-electron chi connectivity index (χ3n) is 3.63. The number of aromatic nitrogens is 1. The van der Waals surface area contributed by atoms with Gasteiger partial charge in [0.25, 0.3) is 0 Å². The number of para-hydroxylation sites is 1. The molecule has 5 heteroatoms. The van der Waals surface area contributed by atoms with Gasteiger partial charge < -0.3 is 10.1 Å². The number of carbonyl (C=O) groups is 1. The number of hydrogen-bond donors (Lipinski definition) is 1. The second-order valence-electron chi connectivity index (χ2n) is 5.29. The third-order valence-corrected chi connectivity index (χ3v) is 4.52. The number of nitrogens with zero attached hydrogens (tertiary/aromatic N) is 1. The van der Waals surface area contributed by atoms with Crippen LogP contribution in [0.2, 0.25) is 0 Å². The summed E-state index contributed by atoms with van der Waals surface area (Å²) in [6.07, 6.45) is 2.07. The van der Waals surface area contributed by atoms with Crippen molar-refractivity contribution in [2.45, 2.75) is 13.0 Å². The van der Waals surface area contributed by atoms with Crippen LogP contribution in [0.25, 0.3) is 10.6 Å². The van der Waals surface area contributed by atoms with Crippen molar-refractivity contribution in [3.63, 3.8) is 0 Å². The second-order valence-corrected chi connectivity index (χ2v) is 6.24. The highest BCUT2D eigenvalue weighted by Gasteiger charge is 2.08. The third kappa shape index (κ3) is 4.00. The van der Waals surface area contributed by atoms with Gasteiger partial charge >= 0.3 is 0 Å².